The fourth-order valence-electron chi connectivity index (χ4n) is 1.83. The van der Waals surface area contributed by atoms with Crippen molar-refractivity contribution in [1.29, 1.82) is 5.26 Å². The van der Waals surface area contributed by atoms with E-state index in [2.05, 4.69) is 26.0 Å². The van der Waals surface area contributed by atoms with Gasteiger partial charge in [0.25, 0.3) is 5.91 Å². The molecule has 1 amide bonds. The number of sulfonamides is 1. The summed E-state index contributed by atoms with van der Waals surface area (Å²) >= 11 is 4.89. The molecule has 6 nitrogen and oxygen atoms in total. The Kier molecular flexibility index (Phi) is 6.51. The minimum atomic E-state index is -3.66. The van der Waals surface area contributed by atoms with Crippen LogP contribution in [0.15, 0.2) is 45.1 Å². The molecule has 0 saturated heterocycles. The molecule has 0 aliphatic carbocycles. The van der Waals surface area contributed by atoms with Crippen LogP contribution in [0.2, 0.25) is 0 Å². The number of halogens is 1. The highest BCUT2D eigenvalue weighted by Crippen LogP contribution is 2.21. The molecule has 0 fully saturated rings. The Bertz CT molecular complexity index is 855. The van der Waals surface area contributed by atoms with Gasteiger partial charge in [-0.1, -0.05) is 0 Å². The van der Waals surface area contributed by atoms with Crippen LogP contribution in [0.3, 0.4) is 0 Å². The fourth-order valence-corrected chi connectivity index (χ4v) is 4.28. The molecule has 126 valence electrons. The first-order chi connectivity index (χ1) is 11.4. The monoisotopic (exact) mass is 427 g/mol. The molecule has 2 rings (SSSR count). The van der Waals surface area contributed by atoms with Gasteiger partial charge < -0.3 is 5.32 Å². The smallest absolute Gasteiger partial charge is 0.251 e. The summed E-state index contributed by atoms with van der Waals surface area (Å²) < 4.78 is 27.3. The second kappa shape index (κ2) is 8.39. The molecule has 2 aromatic rings. The Morgan fingerprint density at radius 1 is 1.21 bits per heavy atom. The number of carbonyl (C=O) groups is 1. The summed E-state index contributed by atoms with van der Waals surface area (Å²) in [4.78, 5) is 13.1. The van der Waals surface area contributed by atoms with Crippen molar-refractivity contribution in [3.8, 4) is 6.07 Å². The number of hydrogen-bond acceptors (Lipinski definition) is 5. The van der Waals surface area contributed by atoms with Crippen molar-refractivity contribution in [2.45, 2.75) is 17.9 Å². The molecule has 1 aromatic heterocycles. The van der Waals surface area contributed by atoms with E-state index in [4.69, 9.17) is 5.26 Å². The zero-order valence-corrected chi connectivity index (χ0v) is 15.7. The van der Waals surface area contributed by atoms with Crippen LogP contribution >= 0.6 is 27.3 Å². The number of benzene rings is 1. The Morgan fingerprint density at radius 3 is 2.50 bits per heavy atom. The van der Waals surface area contributed by atoms with Crippen molar-refractivity contribution in [3.63, 3.8) is 0 Å². The third-order valence-electron chi connectivity index (χ3n) is 3.01. The lowest BCUT2D eigenvalue weighted by molar-refractivity contribution is 0.0951. The van der Waals surface area contributed by atoms with Gasteiger partial charge in [-0.2, -0.15) is 5.26 Å². The highest BCUT2D eigenvalue weighted by Gasteiger charge is 2.14. The van der Waals surface area contributed by atoms with Gasteiger partial charge >= 0.3 is 0 Å². The third kappa shape index (κ3) is 5.14. The van der Waals surface area contributed by atoms with Crippen LogP contribution in [0.5, 0.6) is 0 Å². The van der Waals surface area contributed by atoms with E-state index in [1.807, 2.05) is 18.2 Å². The zero-order valence-electron chi connectivity index (χ0n) is 12.5. The average molecular weight is 428 g/mol. The fraction of sp³-hybridized carbons (Fsp3) is 0.200. The number of nitriles is 1. The van der Waals surface area contributed by atoms with E-state index in [9.17, 15) is 13.2 Å². The zero-order chi connectivity index (χ0) is 17.6. The lowest BCUT2D eigenvalue weighted by Gasteiger charge is -2.07. The summed E-state index contributed by atoms with van der Waals surface area (Å²) in [5, 5.41) is 11.2. The van der Waals surface area contributed by atoms with Gasteiger partial charge in [0.15, 0.2) is 0 Å². The van der Waals surface area contributed by atoms with Gasteiger partial charge in [0.2, 0.25) is 10.0 Å². The Labute approximate surface area is 152 Å². The predicted molar refractivity (Wildman–Crippen MR) is 95.0 cm³/mol. The number of amides is 1. The van der Waals surface area contributed by atoms with E-state index in [-0.39, 0.29) is 23.8 Å². The van der Waals surface area contributed by atoms with Gasteiger partial charge in [-0.3, -0.25) is 4.79 Å². The minimum Gasteiger partial charge on any atom is -0.347 e. The van der Waals surface area contributed by atoms with E-state index in [0.717, 1.165) is 8.66 Å². The first-order valence-electron chi connectivity index (χ1n) is 6.91. The lowest BCUT2D eigenvalue weighted by Crippen LogP contribution is -2.25. The average Bonchev–Trinajstić information content (AvgIpc) is 2.98. The van der Waals surface area contributed by atoms with Crippen molar-refractivity contribution in [1.82, 2.24) is 10.0 Å². The summed E-state index contributed by atoms with van der Waals surface area (Å²) in [5.41, 5.74) is 0.376. The number of rotatable bonds is 7. The van der Waals surface area contributed by atoms with E-state index >= 15 is 0 Å². The quantitative estimate of drug-likeness (QED) is 0.663. The standard InChI is InChI=1S/C15H14BrN3O3S2/c16-14-7-4-12(23-14)10-18-15(20)11-2-5-13(6-3-11)24(21,22)19-9-1-8-17/h2-7,19H,1,9-10H2,(H,18,20). The van der Waals surface area contributed by atoms with Crippen LogP contribution in [-0.4, -0.2) is 20.9 Å². The lowest BCUT2D eigenvalue weighted by atomic mass is 10.2. The van der Waals surface area contributed by atoms with Crippen molar-refractivity contribution in [2.24, 2.45) is 0 Å². The maximum atomic E-state index is 12.1. The molecule has 9 heteroatoms. The summed E-state index contributed by atoms with van der Waals surface area (Å²) in [6.07, 6.45) is 0.0958. The Hall–Kier alpha value is -1.73. The van der Waals surface area contributed by atoms with Gasteiger partial charge in [0.05, 0.1) is 21.3 Å². The Balaban J connectivity index is 1.98. The maximum Gasteiger partial charge on any atom is 0.251 e. The number of nitrogens with zero attached hydrogens (tertiary/aromatic N) is 1. The van der Waals surface area contributed by atoms with Crippen LogP contribution in [0, 0.1) is 11.3 Å². The minimum absolute atomic E-state index is 0.0530. The molecule has 0 spiro atoms. The molecule has 0 unspecified atom stereocenters. The normalized spacial score (nSPS) is 11.0. The second-order valence-electron chi connectivity index (χ2n) is 4.72. The molecule has 24 heavy (non-hydrogen) atoms. The first-order valence-corrected chi connectivity index (χ1v) is 10.0. The molecule has 1 heterocycles. The number of carbonyl (C=O) groups excluding carboxylic acids is 1. The Morgan fingerprint density at radius 2 is 1.92 bits per heavy atom. The molecule has 0 atom stereocenters. The molecule has 1 aromatic carbocycles. The van der Waals surface area contributed by atoms with Crippen molar-refractivity contribution >= 4 is 43.2 Å². The highest BCUT2D eigenvalue weighted by atomic mass is 79.9. The van der Waals surface area contributed by atoms with Crippen LogP contribution in [0.1, 0.15) is 21.7 Å². The van der Waals surface area contributed by atoms with Crippen LogP contribution < -0.4 is 10.0 Å². The second-order valence-corrected chi connectivity index (χ2v) is 9.03. The molecule has 0 aliphatic rings. The van der Waals surface area contributed by atoms with E-state index < -0.39 is 10.0 Å². The largest absolute Gasteiger partial charge is 0.347 e. The molecular weight excluding hydrogens is 414 g/mol. The van der Waals surface area contributed by atoms with Gasteiger partial charge in [-0.25, -0.2) is 13.1 Å². The molecule has 0 radical (unpaired) electrons. The van der Waals surface area contributed by atoms with Crippen molar-refractivity contribution in [3.05, 3.63) is 50.6 Å². The van der Waals surface area contributed by atoms with Crippen LogP contribution in [0.4, 0.5) is 0 Å². The maximum absolute atomic E-state index is 12.1. The van der Waals surface area contributed by atoms with Crippen LogP contribution in [-0.2, 0) is 16.6 Å². The van der Waals surface area contributed by atoms with Gasteiger partial charge in [0, 0.05) is 23.4 Å². The van der Waals surface area contributed by atoms with Crippen molar-refractivity contribution < 1.29 is 13.2 Å². The third-order valence-corrected chi connectivity index (χ3v) is 6.11. The van der Waals surface area contributed by atoms with E-state index in [0.29, 0.717) is 12.1 Å². The number of thiophene rings is 1. The number of nitrogens with one attached hydrogen (secondary N) is 2. The topological polar surface area (TPSA) is 99.1 Å². The summed E-state index contributed by atoms with van der Waals surface area (Å²) in [7, 11) is -3.66. The summed E-state index contributed by atoms with van der Waals surface area (Å²) in [6.45, 7) is 0.461. The van der Waals surface area contributed by atoms with E-state index in [1.54, 1.807) is 0 Å². The predicted octanol–water partition coefficient (Wildman–Crippen LogP) is 2.63. The highest BCUT2D eigenvalue weighted by molar-refractivity contribution is 9.11. The van der Waals surface area contributed by atoms with Gasteiger partial charge in [-0.15, -0.1) is 11.3 Å². The summed E-state index contributed by atoms with van der Waals surface area (Å²) in [6, 6.07) is 11.3. The van der Waals surface area contributed by atoms with Gasteiger partial charge in [-0.05, 0) is 52.3 Å². The molecule has 2 N–H and O–H groups in total. The summed E-state index contributed by atoms with van der Waals surface area (Å²) in [5.74, 6) is -0.277. The van der Waals surface area contributed by atoms with Crippen LogP contribution in [0.25, 0.3) is 0 Å². The molecule has 0 saturated carbocycles. The number of hydrogen-bond donors (Lipinski definition) is 2. The SMILES string of the molecule is N#CCCNS(=O)(=O)c1ccc(C(=O)NCc2ccc(Br)s2)cc1. The molecular formula is C15H14BrN3O3S2. The first kappa shape index (κ1) is 18.6. The molecule has 0 aliphatic heterocycles. The van der Waals surface area contributed by atoms with Crippen molar-refractivity contribution in [2.75, 3.05) is 6.54 Å². The molecule has 0 bridgehead atoms. The van der Waals surface area contributed by atoms with Gasteiger partial charge in [0.1, 0.15) is 0 Å². The van der Waals surface area contributed by atoms with E-state index in [1.165, 1.54) is 35.6 Å².